The summed E-state index contributed by atoms with van der Waals surface area (Å²) in [6, 6.07) is 16.6. The third-order valence-corrected chi connectivity index (χ3v) is 3.28. The van der Waals surface area contributed by atoms with E-state index in [0.29, 0.717) is 5.56 Å². The SMILES string of the molecule is N#Cc1ccc(/C=N/NC(=O)Cn2cnc3ccccc32)cc1. The number of aromatic nitrogens is 2. The molecule has 23 heavy (non-hydrogen) atoms. The number of nitrogens with one attached hydrogen (secondary N) is 1. The van der Waals surface area contributed by atoms with Crippen LogP contribution in [0, 0.1) is 11.3 Å². The van der Waals surface area contributed by atoms with E-state index in [1.807, 2.05) is 30.3 Å². The standard InChI is InChI=1S/C17H13N5O/c18-9-13-5-7-14(8-6-13)10-20-21-17(23)11-22-12-19-15-3-1-2-4-16(15)22/h1-8,10,12H,11H2,(H,21,23)/b20-10+. The number of amides is 1. The van der Waals surface area contributed by atoms with Gasteiger partial charge in [-0.1, -0.05) is 24.3 Å². The van der Waals surface area contributed by atoms with Gasteiger partial charge < -0.3 is 4.57 Å². The Bertz CT molecular complexity index is 903. The zero-order chi connectivity index (χ0) is 16.1. The molecule has 1 heterocycles. The van der Waals surface area contributed by atoms with Gasteiger partial charge in [0.05, 0.1) is 35.2 Å². The van der Waals surface area contributed by atoms with Gasteiger partial charge in [0, 0.05) is 0 Å². The molecule has 0 aliphatic heterocycles. The Labute approximate surface area is 132 Å². The van der Waals surface area contributed by atoms with Gasteiger partial charge in [0.25, 0.3) is 5.91 Å². The van der Waals surface area contributed by atoms with Crippen LogP contribution in [0.2, 0.25) is 0 Å². The number of benzene rings is 2. The first kappa shape index (κ1) is 14.5. The van der Waals surface area contributed by atoms with E-state index in [1.165, 1.54) is 6.21 Å². The van der Waals surface area contributed by atoms with Crippen LogP contribution in [0.3, 0.4) is 0 Å². The van der Waals surface area contributed by atoms with Crippen LogP contribution >= 0.6 is 0 Å². The lowest BCUT2D eigenvalue weighted by molar-refractivity contribution is -0.121. The average molecular weight is 303 g/mol. The monoisotopic (exact) mass is 303 g/mol. The molecule has 1 N–H and O–H groups in total. The Morgan fingerprint density at radius 2 is 2.04 bits per heavy atom. The Kier molecular flexibility index (Phi) is 4.11. The highest BCUT2D eigenvalue weighted by atomic mass is 16.2. The zero-order valence-corrected chi connectivity index (χ0v) is 12.2. The average Bonchev–Trinajstić information content (AvgIpc) is 2.99. The van der Waals surface area contributed by atoms with Crippen LogP contribution in [-0.4, -0.2) is 21.7 Å². The Balaban J connectivity index is 1.61. The van der Waals surface area contributed by atoms with Crippen molar-refractivity contribution in [1.29, 1.82) is 5.26 Å². The Hall–Kier alpha value is -3.46. The van der Waals surface area contributed by atoms with Crippen molar-refractivity contribution in [3.63, 3.8) is 0 Å². The second-order valence-electron chi connectivity index (χ2n) is 4.89. The van der Waals surface area contributed by atoms with Gasteiger partial charge >= 0.3 is 0 Å². The first-order valence-electron chi connectivity index (χ1n) is 6.98. The number of rotatable bonds is 4. The lowest BCUT2D eigenvalue weighted by Gasteiger charge is -2.02. The highest BCUT2D eigenvalue weighted by Gasteiger charge is 2.05. The summed E-state index contributed by atoms with van der Waals surface area (Å²) in [7, 11) is 0. The normalized spacial score (nSPS) is 10.7. The molecule has 0 unspecified atom stereocenters. The predicted molar refractivity (Wildman–Crippen MR) is 86.6 cm³/mol. The van der Waals surface area contributed by atoms with Crippen molar-refractivity contribution in [3.8, 4) is 6.07 Å². The van der Waals surface area contributed by atoms with E-state index in [4.69, 9.17) is 5.26 Å². The number of carbonyl (C=O) groups excluding carboxylic acids is 1. The Morgan fingerprint density at radius 3 is 2.83 bits per heavy atom. The molecule has 0 atom stereocenters. The first-order chi connectivity index (χ1) is 11.3. The predicted octanol–water partition coefficient (Wildman–Crippen LogP) is 2.06. The molecule has 0 aliphatic carbocycles. The fourth-order valence-corrected chi connectivity index (χ4v) is 2.15. The van der Waals surface area contributed by atoms with Gasteiger partial charge in [-0.2, -0.15) is 10.4 Å². The van der Waals surface area contributed by atoms with Crippen molar-refractivity contribution in [2.45, 2.75) is 6.54 Å². The minimum atomic E-state index is -0.238. The lowest BCUT2D eigenvalue weighted by atomic mass is 10.2. The zero-order valence-electron chi connectivity index (χ0n) is 12.2. The number of hydrogen-bond donors (Lipinski definition) is 1. The van der Waals surface area contributed by atoms with Gasteiger partial charge in [0.1, 0.15) is 6.54 Å². The molecule has 1 aromatic heterocycles. The maximum absolute atomic E-state index is 11.9. The number of nitrogens with zero attached hydrogens (tertiary/aromatic N) is 4. The fourth-order valence-electron chi connectivity index (χ4n) is 2.15. The smallest absolute Gasteiger partial charge is 0.260 e. The van der Waals surface area contributed by atoms with Gasteiger partial charge in [0.2, 0.25) is 0 Å². The van der Waals surface area contributed by atoms with Crippen LogP contribution in [0.4, 0.5) is 0 Å². The molecule has 3 rings (SSSR count). The van der Waals surface area contributed by atoms with Crippen LogP contribution in [0.1, 0.15) is 11.1 Å². The molecular weight excluding hydrogens is 290 g/mol. The molecule has 6 heteroatoms. The van der Waals surface area contributed by atoms with Crippen molar-refractivity contribution in [2.24, 2.45) is 5.10 Å². The van der Waals surface area contributed by atoms with E-state index in [9.17, 15) is 4.79 Å². The van der Waals surface area contributed by atoms with Gasteiger partial charge in [-0.3, -0.25) is 4.79 Å². The number of para-hydroxylation sites is 2. The van der Waals surface area contributed by atoms with E-state index in [2.05, 4.69) is 15.5 Å². The van der Waals surface area contributed by atoms with Crippen molar-refractivity contribution in [1.82, 2.24) is 15.0 Å². The molecule has 1 amide bonds. The summed E-state index contributed by atoms with van der Waals surface area (Å²) < 4.78 is 1.77. The maximum Gasteiger partial charge on any atom is 0.260 e. The minimum absolute atomic E-state index is 0.144. The molecule has 0 fully saturated rings. The summed E-state index contributed by atoms with van der Waals surface area (Å²) in [6.07, 6.45) is 3.17. The molecule has 3 aromatic rings. The van der Waals surface area contributed by atoms with Gasteiger partial charge in [0.15, 0.2) is 0 Å². The molecule has 0 aliphatic rings. The van der Waals surface area contributed by atoms with E-state index in [0.717, 1.165) is 16.6 Å². The molecule has 0 radical (unpaired) electrons. The summed E-state index contributed by atoms with van der Waals surface area (Å²) in [5, 5.41) is 12.6. The summed E-state index contributed by atoms with van der Waals surface area (Å²) >= 11 is 0. The van der Waals surface area contributed by atoms with Gasteiger partial charge in [-0.15, -0.1) is 0 Å². The lowest BCUT2D eigenvalue weighted by Crippen LogP contribution is -2.22. The molecule has 0 spiro atoms. The molecule has 2 aromatic carbocycles. The summed E-state index contributed by atoms with van der Waals surface area (Å²) in [4.78, 5) is 16.2. The van der Waals surface area contributed by atoms with Crippen LogP contribution in [-0.2, 0) is 11.3 Å². The van der Waals surface area contributed by atoms with Crippen LogP contribution in [0.15, 0.2) is 60.0 Å². The van der Waals surface area contributed by atoms with Crippen molar-refractivity contribution >= 4 is 23.2 Å². The third kappa shape index (κ3) is 3.41. The number of imidazole rings is 1. The van der Waals surface area contributed by atoms with Crippen LogP contribution in [0.25, 0.3) is 11.0 Å². The van der Waals surface area contributed by atoms with Gasteiger partial charge in [-0.05, 0) is 29.8 Å². The number of carbonyl (C=O) groups is 1. The second-order valence-corrected chi connectivity index (χ2v) is 4.89. The molecular formula is C17H13N5O. The van der Waals surface area contributed by atoms with Crippen LogP contribution < -0.4 is 5.43 Å². The maximum atomic E-state index is 11.9. The van der Waals surface area contributed by atoms with Gasteiger partial charge in [-0.25, -0.2) is 10.4 Å². The largest absolute Gasteiger partial charge is 0.321 e. The summed E-state index contributed by atoms with van der Waals surface area (Å²) in [5.74, 6) is -0.238. The summed E-state index contributed by atoms with van der Waals surface area (Å²) in [6.45, 7) is 0.144. The number of hydrazone groups is 1. The van der Waals surface area contributed by atoms with Crippen LogP contribution in [0.5, 0.6) is 0 Å². The second kappa shape index (κ2) is 6.54. The van der Waals surface area contributed by atoms with E-state index in [1.54, 1.807) is 35.2 Å². The number of nitriles is 1. The highest BCUT2D eigenvalue weighted by Crippen LogP contribution is 2.11. The van der Waals surface area contributed by atoms with Crippen molar-refractivity contribution in [2.75, 3.05) is 0 Å². The third-order valence-electron chi connectivity index (χ3n) is 3.28. The quantitative estimate of drug-likeness (QED) is 0.591. The molecule has 112 valence electrons. The fraction of sp³-hybridized carbons (Fsp3) is 0.0588. The van der Waals surface area contributed by atoms with E-state index < -0.39 is 0 Å². The molecule has 0 saturated heterocycles. The number of fused-ring (bicyclic) bond motifs is 1. The topological polar surface area (TPSA) is 83.1 Å². The molecule has 6 nitrogen and oxygen atoms in total. The van der Waals surface area contributed by atoms with Crippen molar-refractivity contribution in [3.05, 3.63) is 66.0 Å². The Morgan fingerprint density at radius 1 is 1.26 bits per heavy atom. The first-order valence-corrected chi connectivity index (χ1v) is 6.98. The van der Waals surface area contributed by atoms with E-state index >= 15 is 0 Å². The van der Waals surface area contributed by atoms with E-state index in [-0.39, 0.29) is 12.5 Å². The minimum Gasteiger partial charge on any atom is -0.321 e. The highest BCUT2D eigenvalue weighted by molar-refractivity contribution is 5.83. The van der Waals surface area contributed by atoms with Crippen molar-refractivity contribution < 1.29 is 4.79 Å². The summed E-state index contributed by atoms with van der Waals surface area (Å²) in [5.41, 5.74) is 5.61. The number of hydrogen-bond acceptors (Lipinski definition) is 4. The molecule has 0 bridgehead atoms. The molecule has 0 saturated carbocycles.